The van der Waals surface area contributed by atoms with Gasteiger partial charge in [-0.05, 0) is 38.1 Å². The van der Waals surface area contributed by atoms with Gasteiger partial charge < -0.3 is 15.6 Å². The molecule has 0 aliphatic rings. The summed E-state index contributed by atoms with van der Waals surface area (Å²) in [6, 6.07) is 10.5. The van der Waals surface area contributed by atoms with E-state index >= 15 is 0 Å². The van der Waals surface area contributed by atoms with Gasteiger partial charge in [0.15, 0.2) is 11.6 Å². The van der Waals surface area contributed by atoms with Gasteiger partial charge in [-0.25, -0.2) is 4.79 Å². The molecule has 0 radical (unpaired) electrons. The van der Waals surface area contributed by atoms with Crippen molar-refractivity contribution in [2.75, 3.05) is 11.1 Å². The number of pyridine rings is 1. The van der Waals surface area contributed by atoms with E-state index in [0.29, 0.717) is 28.5 Å². The normalized spacial score (nSPS) is 11.2. The second-order valence-electron chi connectivity index (χ2n) is 6.33. The Bertz CT molecular complexity index is 1130. The maximum Gasteiger partial charge on any atom is 0.347 e. The number of hydrogen-bond donors (Lipinski definition) is 2. The molecule has 136 valence electrons. The van der Waals surface area contributed by atoms with E-state index in [9.17, 15) is 4.79 Å². The van der Waals surface area contributed by atoms with Gasteiger partial charge in [-0.3, -0.25) is 4.98 Å². The smallest absolute Gasteiger partial charge is 0.347 e. The molecule has 0 aliphatic carbocycles. The van der Waals surface area contributed by atoms with E-state index < -0.39 is 6.03 Å². The topological polar surface area (TPSA) is 117 Å². The minimum Gasteiger partial charge on any atom is -0.382 e. The number of benzene rings is 1. The van der Waals surface area contributed by atoms with Crippen LogP contribution in [0.25, 0.3) is 22.4 Å². The number of nitrogens with zero attached hydrogens (tertiary/aromatic N) is 6. The molecule has 0 bridgehead atoms. The summed E-state index contributed by atoms with van der Waals surface area (Å²) in [4.78, 5) is 17.0. The Morgan fingerprint density at radius 3 is 2.85 bits per heavy atom. The van der Waals surface area contributed by atoms with Gasteiger partial charge in [0.25, 0.3) is 0 Å². The van der Waals surface area contributed by atoms with Gasteiger partial charge in [0.1, 0.15) is 12.0 Å². The molecule has 4 aromatic rings. The van der Waals surface area contributed by atoms with Crippen LogP contribution in [0.4, 0.5) is 16.3 Å². The Balaban J connectivity index is 1.65. The van der Waals surface area contributed by atoms with E-state index in [1.165, 1.54) is 4.68 Å². The highest BCUT2D eigenvalue weighted by molar-refractivity contribution is 6.00. The van der Waals surface area contributed by atoms with Crippen molar-refractivity contribution in [2.24, 2.45) is 0 Å². The number of nitrogens with two attached hydrogens (primary N) is 1. The molecular formula is C18H18N8O. The number of anilines is 2. The molecule has 4 rings (SSSR count). The Labute approximate surface area is 154 Å². The molecule has 0 unspecified atom stereocenters. The molecule has 0 saturated carbocycles. The van der Waals surface area contributed by atoms with Crippen LogP contribution in [0.2, 0.25) is 0 Å². The first-order chi connectivity index (χ1) is 13.0. The Morgan fingerprint density at radius 1 is 1.22 bits per heavy atom. The summed E-state index contributed by atoms with van der Waals surface area (Å²) in [5.74, 6) is 0.941. The Hall–Kier alpha value is -3.75. The van der Waals surface area contributed by atoms with Gasteiger partial charge in [0.05, 0.1) is 5.52 Å². The maximum atomic E-state index is 12.7. The van der Waals surface area contributed by atoms with Gasteiger partial charge in [-0.1, -0.05) is 12.1 Å². The number of rotatable bonds is 3. The number of carbonyl (C=O) groups excluding carboxylic acids is 1. The lowest BCUT2D eigenvalue weighted by Gasteiger charge is -2.10. The second kappa shape index (κ2) is 6.52. The van der Waals surface area contributed by atoms with Crippen LogP contribution in [0, 0.1) is 0 Å². The summed E-state index contributed by atoms with van der Waals surface area (Å²) in [5, 5.41) is 15.8. The van der Waals surface area contributed by atoms with Gasteiger partial charge in [0.2, 0.25) is 0 Å². The molecule has 1 amide bonds. The zero-order valence-corrected chi connectivity index (χ0v) is 14.9. The molecule has 0 atom stereocenters. The highest BCUT2D eigenvalue weighted by Gasteiger charge is 2.15. The molecule has 3 heterocycles. The van der Waals surface area contributed by atoms with E-state index in [1.807, 2.05) is 36.6 Å². The van der Waals surface area contributed by atoms with Crippen molar-refractivity contribution in [3.8, 4) is 11.5 Å². The number of amides is 1. The third-order valence-electron chi connectivity index (χ3n) is 4.18. The van der Waals surface area contributed by atoms with E-state index in [0.717, 1.165) is 5.39 Å². The molecule has 1 aromatic carbocycles. The highest BCUT2D eigenvalue weighted by Crippen LogP contribution is 2.22. The fourth-order valence-electron chi connectivity index (χ4n) is 2.86. The molecule has 9 heteroatoms. The van der Waals surface area contributed by atoms with Crippen LogP contribution in [0.3, 0.4) is 0 Å². The predicted octanol–water partition coefficient (Wildman–Crippen LogP) is 2.93. The average Bonchev–Trinajstić information content (AvgIpc) is 3.28. The van der Waals surface area contributed by atoms with Crippen molar-refractivity contribution < 1.29 is 4.79 Å². The lowest BCUT2D eigenvalue weighted by molar-refractivity contribution is 0.252. The first-order valence-corrected chi connectivity index (χ1v) is 8.45. The minimum atomic E-state index is -0.412. The van der Waals surface area contributed by atoms with Crippen molar-refractivity contribution >= 4 is 28.4 Å². The zero-order valence-electron chi connectivity index (χ0n) is 14.9. The fraction of sp³-hybridized carbons (Fsp3) is 0.167. The van der Waals surface area contributed by atoms with Crippen molar-refractivity contribution in [1.82, 2.24) is 29.5 Å². The number of para-hydroxylation sites is 1. The van der Waals surface area contributed by atoms with E-state index in [4.69, 9.17) is 5.73 Å². The van der Waals surface area contributed by atoms with Gasteiger partial charge in [-0.2, -0.15) is 4.68 Å². The number of aromatic nitrogens is 6. The SMILES string of the molecule is CC(C)n1cnnc1-c1cc(NC(=O)n2nc(N)c3ccccc32)ccn1. The molecule has 0 saturated heterocycles. The molecule has 27 heavy (non-hydrogen) atoms. The second-order valence-corrected chi connectivity index (χ2v) is 6.33. The van der Waals surface area contributed by atoms with Gasteiger partial charge >= 0.3 is 6.03 Å². The molecule has 3 N–H and O–H groups in total. The fourth-order valence-corrected chi connectivity index (χ4v) is 2.86. The van der Waals surface area contributed by atoms with E-state index in [-0.39, 0.29) is 6.04 Å². The van der Waals surface area contributed by atoms with Crippen molar-refractivity contribution in [2.45, 2.75) is 19.9 Å². The van der Waals surface area contributed by atoms with Crippen LogP contribution in [-0.4, -0.2) is 35.6 Å². The number of nitrogens with one attached hydrogen (secondary N) is 1. The third-order valence-corrected chi connectivity index (χ3v) is 4.18. The maximum absolute atomic E-state index is 12.7. The van der Waals surface area contributed by atoms with Crippen LogP contribution in [0.15, 0.2) is 48.9 Å². The summed E-state index contributed by atoms with van der Waals surface area (Å²) < 4.78 is 3.16. The van der Waals surface area contributed by atoms with Crippen LogP contribution >= 0.6 is 0 Å². The summed E-state index contributed by atoms with van der Waals surface area (Å²) >= 11 is 0. The van der Waals surface area contributed by atoms with Crippen LogP contribution in [-0.2, 0) is 0 Å². The van der Waals surface area contributed by atoms with E-state index in [2.05, 4.69) is 25.6 Å². The summed E-state index contributed by atoms with van der Waals surface area (Å²) in [5.41, 5.74) is 7.73. The molecule has 0 spiro atoms. The van der Waals surface area contributed by atoms with Crippen LogP contribution in [0.5, 0.6) is 0 Å². The predicted molar refractivity (Wildman–Crippen MR) is 102 cm³/mol. The first-order valence-electron chi connectivity index (χ1n) is 8.45. The Morgan fingerprint density at radius 2 is 2.04 bits per heavy atom. The van der Waals surface area contributed by atoms with Crippen molar-refractivity contribution in [3.05, 3.63) is 48.9 Å². The summed E-state index contributed by atoms with van der Waals surface area (Å²) in [6.07, 6.45) is 3.27. The largest absolute Gasteiger partial charge is 0.382 e. The number of nitrogen functional groups attached to an aromatic ring is 1. The first kappa shape index (κ1) is 16.7. The van der Waals surface area contributed by atoms with E-state index in [1.54, 1.807) is 30.7 Å². The zero-order chi connectivity index (χ0) is 19.0. The number of fused-ring (bicyclic) bond motifs is 1. The average molecular weight is 362 g/mol. The quantitative estimate of drug-likeness (QED) is 0.579. The standard InChI is InChI=1S/C18H18N8O/c1-11(2)25-10-21-23-17(25)14-9-12(7-8-20-14)22-18(27)26-15-6-4-3-5-13(15)16(19)24-26/h3-11H,1-2H3,(H2,19,24)(H,20,22,27). The molecule has 3 aromatic heterocycles. The van der Waals surface area contributed by atoms with Crippen molar-refractivity contribution in [1.29, 1.82) is 0 Å². The third kappa shape index (κ3) is 2.99. The van der Waals surface area contributed by atoms with Crippen molar-refractivity contribution in [3.63, 3.8) is 0 Å². The monoisotopic (exact) mass is 362 g/mol. The molecule has 0 aliphatic heterocycles. The molecule has 0 fully saturated rings. The minimum absolute atomic E-state index is 0.188. The Kier molecular flexibility index (Phi) is 4.03. The molecular weight excluding hydrogens is 344 g/mol. The van der Waals surface area contributed by atoms with Crippen LogP contribution in [0.1, 0.15) is 19.9 Å². The molecule has 9 nitrogen and oxygen atoms in total. The van der Waals surface area contributed by atoms with Gasteiger partial charge in [0, 0.05) is 23.3 Å². The van der Waals surface area contributed by atoms with Crippen LogP contribution < -0.4 is 11.1 Å². The summed E-state index contributed by atoms with van der Waals surface area (Å²) in [7, 11) is 0. The number of hydrogen-bond acceptors (Lipinski definition) is 6. The number of carbonyl (C=O) groups is 1. The lowest BCUT2D eigenvalue weighted by Crippen LogP contribution is -2.20. The lowest BCUT2D eigenvalue weighted by atomic mass is 10.2. The highest BCUT2D eigenvalue weighted by atomic mass is 16.2. The van der Waals surface area contributed by atoms with Gasteiger partial charge in [-0.15, -0.1) is 15.3 Å². The summed E-state index contributed by atoms with van der Waals surface area (Å²) in [6.45, 7) is 4.07.